The van der Waals surface area contributed by atoms with Crippen molar-refractivity contribution in [1.82, 2.24) is 0 Å². The van der Waals surface area contributed by atoms with Gasteiger partial charge in [-0.3, -0.25) is 19.7 Å². The van der Waals surface area contributed by atoms with E-state index in [4.69, 9.17) is 11.6 Å². The number of para-hydroxylation sites is 1. The topological polar surface area (TPSA) is 101 Å². The molecule has 7 nitrogen and oxygen atoms in total. The fraction of sp³-hybridized carbons (Fsp3) is 0.125. The first kappa shape index (κ1) is 17.4. The molecule has 0 aliphatic rings. The van der Waals surface area contributed by atoms with Gasteiger partial charge in [-0.05, 0) is 31.0 Å². The highest BCUT2D eigenvalue weighted by Crippen LogP contribution is 2.26. The SMILES string of the molecule is Cc1cccc(C)c1NC(=O)C(=O)Nc1cc([N+](=O)[O-])ccc1Cl. The Labute approximate surface area is 142 Å². The molecule has 2 aromatic rings. The molecule has 0 heterocycles. The minimum absolute atomic E-state index is 0.00692. The van der Waals surface area contributed by atoms with Crippen LogP contribution in [0.1, 0.15) is 11.1 Å². The third-order valence-corrected chi connectivity index (χ3v) is 3.66. The largest absolute Gasteiger partial charge is 0.317 e. The van der Waals surface area contributed by atoms with Crippen LogP contribution in [-0.2, 0) is 9.59 Å². The molecule has 0 aliphatic carbocycles. The van der Waals surface area contributed by atoms with Gasteiger partial charge >= 0.3 is 11.8 Å². The highest BCUT2D eigenvalue weighted by molar-refractivity contribution is 6.45. The number of carbonyl (C=O) groups is 2. The van der Waals surface area contributed by atoms with E-state index in [0.29, 0.717) is 5.69 Å². The molecule has 124 valence electrons. The number of hydrogen-bond acceptors (Lipinski definition) is 4. The molecular formula is C16H14ClN3O4. The van der Waals surface area contributed by atoms with Gasteiger partial charge in [0.1, 0.15) is 0 Å². The summed E-state index contributed by atoms with van der Waals surface area (Å²) in [6.45, 7) is 3.61. The monoisotopic (exact) mass is 347 g/mol. The van der Waals surface area contributed by atoms with Crippen molar-refractivity contribution in [2.24, 2.45) is 0 Å². The highest BCUT2D eigenvalue weighted by atomic mass is 35.5. The van der Waals surface area contributed by atoms with Crippen LogP contribution in [0, 0.1) is 24.0 Å². The lowest BCUT2D eigenvalue weighted by Gasteiger charge is -2.11. The number of hydrogen-bond donors (Lipinski definition) is 2. The number of nitrogens with zero attached hydrogens (tertiary/aromatic N) is 1. The molecule has 0 aliphatic heterocycles. The first-order chi connectivity index (χ1) is 11.3. The minimum atomic E-state index is -0.972. The second-order valence-corrected chi connectivity index (χ2v) is 5.50. The number of nitro groups is 1. The van der Waals surface area contributed by atoms with Crippen LogP contribution >= 0.6 is 11.6 Å². The Morgan fingerprint density at radius 3 is 2.21 bits per heavy atom. The molecule has 0 atom stereocenters. The summed E-state index contributed by atoms with van der Waals surface area (Å²) in [5.41, 5.74) is 1.91. The maximum atomic E-state index is 12.1. The van der Waals surface area contributed by atoms with E-state index in [1.165, 1.54) is 12.1 Å². The molecule has 2 N–H and O–H groups in total. The molecule has 0 unspecified atom stereocenters. The van der Waals surface area contributed by atoms with Crippen molar-refractivity contribution in [1.29, 1.82) is 0 Å². The predicted octanol–water partition coefficient (Wildman–Crippen LogP) is 3.44. The maximum Gasteiger partial charge on any atom is 0.314 e. The lowest BCUT2D eigenvalue weighted by molar-refractivity contribution is -0.384. The van der Waals surface area contributed by atoms with Gasteiger partial charge in [-0.25, -0.2) is 0 Å². The molecule has 0 aromatic heterocycles. The van der Waals surface area contributed by atoms with E-state index >= 15 is 0 Å². The molecule has 0 saturated heterocycles. The Hall–Kier alpha value is -2.93. The highest BCUT2D eigenvalue weighted by Gasteiger charge is 2.18. The van der Waals surface area contributed by atoms with Gasteiger partial charge in [0.15, 0.2) is 0 Å². The quantitative estimate of drug-likeness (QED) is 0.504. The zero-order valence-electron chi connectivity index (χ0n) is 12.9. The number of aryl methyl sites for hydroxylation is 2. The number of amides is 2. The molecule has 24 heavy (non-hydrogen) atoms. The molecule has 0 spiro atoms. The first-order valence-corrected chi connectivity index (χ1v) is 7.30. The number of anilines is 2. The van der Waals surface area contributed by atoms with E-state index in [0.717, 1.165) is 17.2 Å². The summed E-state index contributed by atoms with van der Waals surface area (Å²) in [6, 6.07) is 9.01. The lowest BCUT2D eigenvalue weighted by atomic mass is 10.1. The molecule has 2 amide bonds. The van der Waals surface area contributed by atoms with E-state index in [1.54, 1.807) is 26.0 Å². The van der Waals surface area contributed by atoms with Crippen molar-refractivity contribution >= 4 is 40.5 Å². The van der Waals surface area contributed by atoms with Gasteiger partial charge in [0.25, 0.3) is 5.69 Å². The number of nitro benzene ring substituents is 1. The van der Waals surface area contributed by atoms with E-state index in [1.807, 2.05) is 6.07 Å². The van der Waals surface area contributed by atoms with Crippen LogP contribution < -0.4 is 10.6 Å². The van der Waals surface area contributed by atoms with Crippen LogP contribution in [0.4, 0.5) is 17.1 Å². The van der Waals surface area contributed by atoms with Crippen LogP contribution in [-0.4, -0.2) is 16.7 Å². The van der Waals surface area contributed by atoms with E-state index in [2.05, 4.69) is 10.6 Å². The number of rotatable bonds is 3. The Kier molecular flexibility index (Phi) is 5.15. The number of benzene rings is 2. The zero-order valence-corrected chi connectivity index (χ0v) is 13.7. The van der Waals surface area contributed by atoms with Crippen LogP contribution in [0.3, 0.4) is 0 Å². The molecule has 8 heteroatoms. The molecule has 0 bridgehead atoms. The van der Waals surface area contributed by atoms with Crippen molar-refractivity contribution < 1.29 is 14.5 Å². The Morgan fingerprint density at radius 2 is 1.62 bits per heavy atom. The summed E-state index contributed by atoms with van der Waals surface area (Å²) in [7, 11) is 0. The van der Waals surface area contributed by atoms with Crippen LogP contribution in [0.5, 0.6) is 0 Å². The smallest absolute Gasteiger partial charge is 0.314 e. The zero-order chi connectivity index (χ0) is 17.9. The fourth-order valence-electron chi connectivity index (χ4n) is 2.08. The molecule has 2 aromatic carbocycles. The van der Waals surface area contributed by atoms with Crippen molar-refractivity contribution in [3.05, 3.63) is 62.7 Å². The van der Waals surface area contributed by atoms with Crippen molar-refractivity contribution in [3.63, 3.8) is 0 Å². The molecule has 0 fully saturated rings. The number of nitrogens with one attached hydrogen (secondary N) is 2. The third-order valence-electron chi connectivity index (χ3n) is 3.33. The van der Waals surface area contributed by atoms with Gasteiger partial charge in [-0.1, -0.05) is 29.8 Å². The molecule has 0 saturated carbocycles. The van der Waals surface area contributed by atoms with Gasteiger partial charge in [0.05, 0.1) is 15.6 Å². The standard InChI is InChI=1S/C16H14ClN3O4/c1-9-4-3-5-10(2)14(9)19-16(22)15(21)18-13-8-11(20(23)24)6-7-12(13)17/h3-8H,1-2H3,(H,18,21)(H,19,22). The van der Waals surface area contributed by atoms with Gasteiger partial charge in [-0.15, -0.1) is 0 Å². The number of carbonyl (C=O) groups excluding carboxylic acids is 2. The third kappa shape index (κ3) is 3.88. The Morgan fingerprint density at radius 1 is 1.04 bits per heavy atom. The van der Waals surface area contributed by atoms with E-state index < -0.39 is 16.7 Å². The van der Waals surface area contributed by atoms with Crippen LogP contribution in [0.2, 0.25) is 5.02 Å². The summed E-state index contributed by atoms with van der Waals surface area (Å²) in [5.74, 6) is -1.87. The van der Waals surface area contributed by atoms with Gasteiger partial charge in [-0.2, -0.15) is 0 Å². The Bertz CT molecular complexity index is 816. The van der Waals surface area contributed by atoms with Crippen LogP contribution in [0.25, 0.3) is 0 Å². The predicted molar refractivity (Wildman–Crippen MR) is 91.3 cm³/mol. The Balaban J connectivity index is 2.17. The van der Waals surface area contributed by atoms with Crippen molar-refractivity contribution in [3.8, 4) is 0 Å². The van der Waals surface area contributed by atoms with Crippen molar-refractivity contribution in [2.75, 3.05) is 10.6 Å². The first-order valence-electron chi connectivity index (χ1n) is 6.92. The molecular weight excluding hydrogens is 334 g/mol. The van der Waals surface area contributed by atoms with Crippen LogP contribution in [0.15, 0.2) is 36.4 Å². The fourth-order valence-corrected chi connectivity index (χ4v) is 2.25. The maximum absolute atomic E-state index is 12.1. The summed E-state index contributed by atoms with van der Waals surface area (Å²) in [5, 5.41) is 15.7. The second kappa shape index (κ2) is 7.10. The average Bonchev–Trinajstić information content (AvgIpc) is 2.52. The molecule has 2 rings (SSSR count). The summed E-state index contributed by atoms with van der Waals surface area (Å²) in [6.07, 6.45) is 0. The normalized spacial score (nSPS) is 10.1. The molecule has 0 radical (unpaired) electrons. The van der Waals surface area contributed by atoms with E-state index in [9.17, 15) is 19.7 Å². The van der Waals surface area contributed by atoms with Gasteiger partial charge in [0.2, 0.25) is 0 Å². The number of halogens is 1. The van der Waals surface area contributed by atoms with Gasteiger partial charge < -0.3 is 10.6 Å². The summed E-state index contributed by atoms with van der Waals surface area (Å²) in [4.78, 5) is 34.2. The van der Waals surface area contributed by atoms with Gasteiger partial charge in [0, 0.05) is 17.8 Å². The van der Waals surface area contributed by atoms with E-state index in [-0.39, 0.29) is 16.4 Å². The summed E-state index contributed by atoms with van der Waals surface area (Å²) < 4.78 is 0. The minimum Gasteiger partial charge on any atom is -0.317 e. The lowest BCUT2D eigenvalue weighted by Crippen LogP contribution is -2.29. The average molecular weight is 348 g/mol. The van der Waals surface area contributed by atoms with Crippen molar-refractivity contribution in [2.45, 2.75) is 13.8 Å². The number of non-ortho nitro benzene ring substituents is 1. The second-order valence-electron chi connectivity index (χ2n) is 5.10. The summed E-state index contributed by atoms with van der Waals surface area (Å²) >= 11 is 5.89.